The van der Waals surface area contributed by atoms with Gasteiger partial charge in [-0.05, 0) is 37.7 Å². The van der Waals surface area contributed by atoms with Gasteiger partial charge in [0, 0.05) is 17.9 Å². The molecular formula is C14H21ClO2S. The van der Waals surface area contributed by atoms with Crippen LogP contribution in [0.4, 0.5) is 0 Å². The van der Waals surface area contributed by atoms with Crippen molar-refractivity contribution in [3.8, 4) is 0 Å². The monoisotopic (exact) mass is 288 g/mol. The molecule has 0 aliphatic heterocycles. The predicted octanol–water partition coefficient (Wildman–Crippen LogP) is 3.22. The highest BCUT2D eigenvalue weighted by Gasteiger charge is 2.10. The van der Waals surface area contributed by atoms with Crippen molar-refractivity contribution < 1.29 is 8.42 Å². The topological polar surface area (TPSA) is 34.1 Å². The molecule has 1 rings (SSSR count). The summed E-state index contributed by atoms with van der Waals surface area (Å²) in [5, 5.41) is 0. The standard InChI is InChI=1S/C14H21ClO2S/c1-12-5-3-6-13(9-12)10-14(11-15)7-4-8-18(2,16)17/h3,5-6,9,14H,4,7-8,10-11H2,1-2H3. The Morgan fingerprint density at radius 3 is 2.61 bits per heavy atom. The van der Waals surface area contributed by atoms with E-state index in [-0.39, 0.29) is 5.75 Å². The van der Waals surface area contributed by atoms with Gasteiger partial charge >= 0.3 is 0 Å². The van der Waals surface area contributed by atoms with Crippen LogP contribution >= 0.6 is 11.6 Å². The zero-order valence-corrected chi connectivity index (χ0v) is 12.6. The number of hydrogen-bond acceptors (Lipinski definition) is 2. The van der Waals surface area contributed by atoms with E-state index in [1.165, 1.54) is 17.4 Å². The van der Waals surface area contributed by atoms with E-state index in [0.29, 0.717) is 18.2 Å². The van der Waals surface area contributed by atoms with Gasteiger partial charge in [-0.1, -0.05) is 29.8 Å². The maximum absolute atomic E-state index is 11.1. The number of sulfone groups is 1. The summed E-state index contributed by atoms with van der Waals surface area (Å²) in [7, 11) is -2.85. The van der Waals surface area contributed by atoms with Crippen molar-refractivity contribution in [2.75, 3.05) is 17.9 Å². The minimum atomic E-state index is -2.85. The van der Waals surface area contributed by atoms with Crippen molar-refractivity contribution in [2.24, 2.45) is 5.92 Å². The lowest BCUT2D eigenvalue weighted by molar-refractivity contribution is 0.524. The maximum Gasteiger partial charge on any atom is 0.147 e. The van der Waals surface area contributed by atoms with Gasteiger partial charge in [-0.3, -0.25) is 0 Å². The first-order valence-electron chi connectivity index (χ1n) is 6.20. The Morgan fingerprint density at radius 1 is 1.33 bits per heavy atom. The molecule has 0 spiro atoms. The number of aryl methyl sites for hydroxylation is 1. The van der Waals surface area contributed by atoms with Gasteiger partial charge in [0.15, 0.2) is 0 Å². The van der Waals surface area contributed by atoms with Crippen LogP contribution in [0.5, 0.6) is 0 Å². The van der Waals surface area contributed by atoms with Crippen molar-refractivity contribution in [3.63, 3.8) is 0 Å². The molecule has 102 valence electrons. The molecule has 0 saturated carbocycles. The SMILES string of the molecule is Cc1cccc(CC(CCl)CCCS(C)(=O)=O)c1. The summed E-state index contributed by atoms with van der Waals surface area (Å²) in [6.07, 6.45) is 3.77. The van der Waals surface area contributed by atoms with E-state index in [4.69, 9.17) is 11.6 Å². The van der Waals surface area contributed by atoms with E-state index >= 15 is 0 Å². The predicted molar refractivity (Wildman–Crippen MR) is 78.0 cm³/mol. The summed E-state index contributed by atoms with van der Waals surface area (Å²) in [6.45, 7) is 2.07. The highest BCUT2D eigenvalue weighted by molar-refractivity contribution is 7.90. The second-order valence-corrected chi connectivity index (χ2v) is 7.55. The van der Waals surface area contributed by atoms with Crippen molar-refractivity contribution in [2.45, 2.75) is 26.2 Å². The van der Waals surface area contributed by atoms with Crippen molar-refractivity contribution >= 4 is 21.4 Å². The Balaban J connectivity index is 2.47. The molecule has 0 saturated heterocycles. The van der Waals surface area contributed by atoms with Crippen LogP contribution in [0.2, 0.25) is 0 Å². The molecule has 0 bridgehead atoms. The molecule has 1 atom stereocenters. The zero-order chi connectivity index (χ0) is 13.6. The van der Waals surface area contributed by atoms with Crippen LogP contribution in [-0.2, 0) is 16.3 Å². The molecule has 0 heterocycles. The Labute approximate surface area is 115 Å². The lowest BCUT2D eigenvalue weighted by Crippen LogP contribution is -2.10. The van der Waals surface area contributed by atoms with E-state index in [9.17, 15) is 8.42 Å². The van der Waals surface area contributed by atoms with Crippen LogP contribution in [0.3, 0.4) is 0 Å². The van der Waals surface area contributed by atoms with Gasteiger partial charge in [-0.25, -0.2) is 8.42 Å². The number of hydrogen-bond donors (Lipinski definition) is 0. The van der Waals surface area contributed by atoms with Gasteiger partial charge in [0.1, 0.15) is 9.84 Å². The number of benzene rings is 1. The van der Waals surface area contributed by atoms with E-state index in [0.717, 1.165) is 12.8 Å². The number of rotatable bonds is 7. The highest BCUT2D eigenvalue weighted by Crippen LogP contribution is 2.17. The van der Waals surface area contributed by atoms with Crippen molar-refractivity contribution in [1.29, 1.82) is 0 Å². The molecule has 1 aromatic carbocycles. The van der Waals surface area contributed by atoms with Crippen LogP contribution in [-0.4, -0.2) is 26.3 Å². The maximum atomic E-state index is 11.1. The summed E-state index contributed by atoms with van der Waals surface area (Å²) in [6, 6.07) is 8.38. The molecule has 0 N–H and O–H groups in total. The fourth-order valence-electron chi connectivity index (χ4n) is 2.04. The second kappa shape index (κ2) is 7.15. The normalized spacial score (nSPS) is 13.5. The summed E-state index contributed by atoms with van der Waals surface area (Å²) < 4.78 is 22.1. The molecule has 0 radical (unpaired) electrons. The van der Waals surface area contributed by atoms with Crippen LogP contribution in [0.15, 0.2) is 24.3 Å². The Hall–Kier alpha value is -0.540. The average Bonchev–Trinajstić information content (AvgIpc) is 2.26. The molecular weight excluding hydrogens is 268 g/mol. The third kappa shape index (κ3) is 6.41. The molecule has 4 heteroatoms. The van der Waals surface area contributed by atoms with E-state index < -0.39 is 9.84 Å². The Bertz CT molecular complexity index is 468. The minimum Gasteiger partial charge on any atom is -0.229 e. The summed E-state index contributed by atoms with van der Waals surface area (Å²) >= 11 is 5.96. The number of halogens is 1. The van der Waals surface area contributed by atoms with E-state index in [1.807, 2.05) is 6.07 Å². The molecule has 0 fully saturated rings. The Kier molecular flexibility index (Phi) is 6.16. The molecule has 1 unspecified atom stereocenters. The second-order valence-electron chi connectivity index (χ2n) is 4.99. The largest absolute Gasteiger partial charge is 0.229 e. The van der Waals surface area contributed by atoms with Crippen molar-refractivity contribution in [3.05, 3.63) is 35.4 Å². The fourth-order valence-corrected chi connectivity index (χ4v) is 2.99. The third-order valence-corrected chi connectivity index (χ3v) is 4.42. The summed E-state index contributed by atoms with van der Waals surface area (Å²) in [5.74, 6) is 1.20. The van der Waals surface area contributed by atoms with Gasteiger partial charge in [0.05, 0.1) is 0 Å². The highest BCUT2D eigenvalue weighted by atomic mass is 35.5. The summed E-state index contributed by atoms with van der Waals surface area (Å²) in [5.41, 5.74) is 2.52. The molecule has 18 heavy (non-hydrogen) atoms. The minimum absolute atomic E-state index is 0.258. The fraction of sp³-hybridized carbons (Fsp3) is 0.571. The van der Waals surface area contributed by atoms with Gasteiger partial charge in [-0.15, -0.1) is 11.6 Å². The average molecular weight is 289 g/mol. The molecule has 0 amide bonds. The molecule has 1 aromatic rings. The molecule has 0 aliphatic carbocycles. The number of alkyl halides is 1. The first-order valence-corrected chi connectivity index (χ1v) is 8.79. The van der Waals surface area contributed by atoms with Crippen LogP contribution in [0.25, 0.3) is 0 Å². The third-order valence-electron chi connectivity index (χ3n) is 2.95. The first-order chi connectivity index (χ1) is 8.40. The van der Waals surface area contributed by atoms with Gasteiger partial charge in [0.25, 0.3) is 0 Å². The Morgan fingerprint density at radius 2 is 2.06 bits per heavy atom. The zero-order valence-electron chi connectivity index (χ0n) is 11.0. The first kappa shape index (κ1) is 15.5. The van der Waals surface area contributed by atoms with Gasteiger partial charge < -0.3 is 0 Å². The molecule has 2 nitrogen and oxygen atoms in total. The molecule has 0 aliphatic rings. The van der Waals surface area contributed by atoms with Gasteiger partial charge in [-0.2, -0.15) is 0 Å². The van der Waals surface area contributed by atoms with E-state index in [2.05, 4.69) is 25.1 Å². The lowest BCUT2D eigenvalue weighted by atomic mass is 9.96. The van der Waals surface area contributed by atoms with Crippen molar-refractivity contribution in [1.82, 2.24) is 0 Å². The van der Waals surface area contributed by atoms with Crippen LogP contribution in [0, 0.1) is 12.8 Å². The van der Waals surface area contributed by atoms with Gasteiger partial charge in [0.2, 0.25) is 0 Å². The smallest absolute Gasteiger partial charge is 0.147 e. The molecule has 0 aromatic heterocycles. The van der Waals surface area contributed by atoms with Crippen LogP contribution < -0.4 is 0 Å². The van der Waals surface area contributed by atoms with Crippen LogP contribution in [0.1, 0.15) is 24.0 Å². The lowest BCUT2D eigenvalue weighted by Gasteiger charge is -2.13. The van der Waals surface area contributed by atoms with E-state index in [1.54, 1.807) is 0 Å². The quantitative estimate of drug-likeness (QED) is 0.722. The summed E-state index contributed by atoms with van der Waals surface area (Å²) in [4.78, 5) is 0.